The van der Waals surface area contributed by atoms with Gasteiger partial charge in [0.2, 0.25) is 0 Å². The number of hydrogen-bond acceptors (Lipinski definition) is 1. The summed E-state index contributed by atoms with van der Waals surface area (Å²) in [4.78, 5) is 0. The molecule has 0 atom stereocenters. The van der Waals surface area contributed by atoms with Crippen LogP contribution in [0.2, 0.25) is 0 Å². The molecule has 0 radical (unpaired) electrons. The fraction of sp³-hybridized carbons (Fsp3) is 0.231. The molecule has 0 saturated carbocycles. The molecule has 0 bridgehead atoms. The van der Waals surface area contributed by atoms with Crippen molar-refractivity contribution in [2.24, 2.45) is 0 Å². The molecule has 0 aliphatic heterocycles. The van der Waals surface area contributed by atoms with Crippen LogP contribution in [0, 0.1) is 0 Å². The number of halogens is 1. The van der Waals surface area contributed by atoms with E-state index in [1.54, 1.807) is 0 Å². The van der Waals surface area contributed by atoms with Crippen molar-refractivity contribution in [3.8, 4) is 5.75 Å². The van der Waals surface area contributed by atoms with Crippen LogP contribution in [0.15, 0.2) is 40.9 Å². The van der Waals surface area contributed by atoms with E-state index in [2.05, 4.69) is 40.2 Å². The topological polar surface area (TPSA) is 9.23 Å². The van der Waals surface area contributed by atoms with Gasteiger partial charge in [0.1, 0.15) is 5.75 Å². The van der Waals surface area contributed by atoms with Crippen molar-refractivity contribution in [1.29, 1.82) is 0 Å². The van der Waals surface area contributed by atoms with E-state index < -0.39 is 0 Å². The summed E-state index contributed by atoms with van der Waals surface area (Å²) in [5, 5.41) is 2.43. The van der Waals surface area contributed by atoms with E-state index in [1.807, 2.05) is 26.0 Å². The summed E-state index contributed by atoms with van der Waals surface area (Å²) in [6.07, 6.45) is 0.197. The smallest absolute Gasteiger partial charge is 0.134 e. The Hall–Kier alpha value is -1.02. The SMILES string of the molecule is CC(C)Oc1cc2ccccc2cc1Br. The summed E-state index contributed by atoms with van der Waals surface area (Å²) in [5.74, 6) is 0.906. The average Bonchev–Trinajstić information content (AvgIpc) is 2.18. The predicted octanol–water partition coefficient (Wildman–Crippen LogP) is 4.39. The van der Waals surface area contributed by atoms with Gasteiger partial charge in [-0.1, -0.05) is 24.3 Å². The van der Waals surface area contributed by atoms with Crippen molar-refractivity contribution < 1.29 is 4.74 Å². The zero-order valence-electron chi connectivity index (χ0n) is 8.83. The third-order valence-corrected chi connectivity index (χ3v) is 2.78. The molecule has 0 saturated heterocycles. The number of rotatable bonds is 2. The zero-order chi connectivity index (χ0) is 10.8. The molecule has 0 aliphatic carbocycles. The standard InChI is InChI=1S/C13H13BrO/c1-9(2)15-13-8-11-6-4-3-5-10(11)7-12(13)14/h3-9H,1-2H3. The van der Waals surface area contributed by atoms with Gasteiger partial charge in [-0.15, -0.1) is 0 Å². The molecule has 15 heavy (non-hydrogen) atoms. The molecule has 0 heterocycles. The van der Waals surface area contributed by atoms with Gasteiger partial charge < -0.3 is 4.74 Å². The third-order valence-electron chi connectivity index (χ3n) is 2.16. The highest BCUT2D eigenvalue weighted by Gasteiger charge is 2.05. The molecule has 2 aromatic carbocycles. The first kappa shape index (κ1) is 10.5. The molecule has 0 aliphatic rings. The highest BCUT2D eigenvalue weighted by molar-refractivity contribution is 9.10. The van der Waals surface area contributed by atoms with Gasteiger partial charge in [0.05, 0.1) is 10.6 Å². The Labute approximate surface area is 98.2 Å². The normalized spacial score (nSPS) is 10.9. The highest BCUT2D eigenvalue weighted by atomic mass is 79.9. The fourth-order valence-electron chi connectivity index (χ4n) is 1.54. The lowest BCUT2D eigenvalue weighted by Crippen LogP contribution is -2.05. The van der Waals surface area contributed by atoms with E-state index in [0.29, 0.717) is 0 Å². The largest absolute Gasteiger partial charge is 0.490 e. The lowest BCUT2D eigenvalue weighted by Gasteiger charge is -2.12. The molecule has 0 N–H and O–H groups in total. The van der Waals surface area contributed by atoms with Crippen LogP contribution >= 0.6 is 15.9 Å². The van der Waals surface area contributed by atoms with Crippen LogP contribution in [-0.4, -0.2) is 6.10 Å². The van der Waals surface area contributed by atoms with Crippen molar-refractivity contribution >= 4 is 26.7 Å². The van der Waals surface area contributed by atoms with Crippen LogP contribution < -0.4 is 4.74 Å². The van der Waals surface area contributed by atoms with Gasteiger partial charge in [-0.25, -0.2) is 0 Å². The minimum absolute atomic E-state index is 0.197. The summed E-state index contributed by atoms with van der Waals surface area (Å²) >= 11 is 3.52. The molecule has 0 aromatic heterocycles. The summed E-state index contributed by atoms with van der Waals surface area (Å²) in [5.41, 5.74) is 0. The Morgan fingerprint density at radius 1 is 1.07 bits per heavy atom. The maximum Gasteiger partial charge on any atom is 0.134 e. The molecule has 1 nitrogen and oxygen atoms in total. The Morgan fingerprint density at radius 2 is 1.67 bits per heavy atom. The van der Waals surface area contributed by atoms with Crippen molar-refractivity contribution in [3.05, 3.63) is 40.9 Å². The minimum Gasteiger partial charge on any atom is -0.490 e. The first-order valence-electron chi connectivity index (χ1n) is 5.02. The average molecular weight is 265 g/mol. The van der Waals surface area contributed by atoms with Crippen molar-refractivity contribution in [2.45, 2.75) is 20.0 Å². The molecule has 0 amide bonds. The monoisotopic (exact) mass is 264 g/mol. The van der Waals surface area contributed by atoms with Crippen molar-refractivity contribution in [1.82, 2.24) is 0 Å². The van der Waals surface area contributed by atoms with Gasteiger partial charge in [-0.3, -0.25) is 0 Å². The van der Waals surface area contributed by atoms with Crippen LogP contribution in [0.5, 0.6) is 5.75 Å². The van der Waals surface area contributed by atoms with Gasteiger partial charge >= 0.3 is 0 Å². The molecular formula is C13H13BrO. The van der Waals surface area contributed by atoms with E-state index in [4.69, 9.17) is 4.74 Å². The molecule has 0 fully saturated rings. The van der Waals surface area contributed by atoms with Gasteiger partial charge in [-0.05, 0) is 52.7 Å². The van der Waals surface area contributed by atoms with Crippen LogP contribution in [0.1, 0.15) is 13.8 Å². The molecule has 2 rings (SSSR count). The van der Waals surface area contributed by atoms with Crippen LogP contribution in [0.3, 0.4) is 0 Å². The molecule has 0 spiro atoms. The number of ether oxygens (including phenoxy) is 1. The summed E-state index contributed by atoms with van der Waals surface area (Å²) < 4.78 is 6.72. The number of fused-ring (bicyclic) bond motifs is 1. The van der Waals surface area contributed by atoms with Crippen molar-refractivity contribution in [2.75, 3.05) is 0 Å². The summed E-state index contributed by atoms with van der Waals surface area (Å²) in [6.45, 7) is 4.06. The molecule has 78 valence electrons. The third kappa shape index (κ3) is 2.32. The fourth-order valence-corrected chi connectivity index (χ4v) is 1.99. The number of benzene rings is 2. The molecule has 0 unspecified atom stereocenters. The lowest BCUT2D eigenvalue weighted by atomic mass is 10.1. The van der Waals surface area contributed by atoms with Gasteiger partial charge in [-0.2, -0.15) is 0 Å². The Balaban J connectivity index is 2.52. The Bertz CT molecular complexity index is 477. The number of hydrogen-bond donors (Lipinski definition) is 0. The Kier molecular flexibility index (Phi) is 2.96. The second-order valence-electron chi connectivity index (χ2n) is 3.80. The molecule has 2 aromatic rings. The second-order valence-corrected chi connectivity index (χ2v) is 4.65. The zero-order valence-corrected chi connectivity index (χ0v) is 10.4. The first-order valence-corrected chi connectivity index (χ1v) is 5.81. The molecular weight excluding hydrogens is 252 g/mol. The summed E-state index contributed by atoms with van der Waals surface area (Å²) in [7, 11) is 0. The highest BCUT2D eigenvalue weighted by Crippen LogP contribution is 2.30. The van der Waals surface area contributed by atoms with E-state index in [-0.39, 0.29) is 6.10 Å². The molecule has 2 heteroatoms. The maximum atomic E-state index is 5.71. The van der Waals surface area contributed by atoms with E-state index in [0.717, 1.165) is 10.2 Å². The van der Waals surface area contributed by atoms with Crippen LogP contribution in [0.4, 0.5) is 0 Å². The van der Waals surface area contributed by atoms with E-state index in [1.165, 1.54) is 10.8 Å². The predicted molar refractivity (Wildman–Crippen MR) is 67.4 cm³/mol. The van der Waals surface area contributed by atoms with Gasteiger partial charge in [0.25, 0.3) is 0 Å². The van der Waals surface area contributed by atoms with Crippen LogP contribution in [-0.2, 0) is 0 Å². The van der Waals surface area contributed by atoms with E-state index >= 15 is 0 Å². The summed E-state index contributed by atoms with van der Waals surface area (Å²) in [6, 6.07) is 12.4. The van der Waals surface area contributed by atoms with Gasteiger partial charge in [0.15, 0.2) is 0 Å². The maximum absolute atomic E-state index is 5.71. The van der Waals surface area contributed by atoms with E-state index in [9.17, 15) is 0 Å². The quantitative estimate of drug-likeness (QED) is 0.782. The van der Waals surface area contributed by atoms with Crippen LogP contribution in [0.25, 0.3) is 10.8 Å². The van der Waals surface area contributed by atoms with Crippen molar-refractivity contribution in [3.63, 3.8) is 0 Å². The van der Waals surface area contributed by atoms with Gasteiger partial charge in [0, 0.05) is 0 Å². The minimum atomic E-state index is 0.197. The Morgan fingerprint density at radius 3 is 2.27 bits per heavy atom. The first-order chi connectivity index (χ1) is 7.16. The lowest BCUT2D eigenvalue weighted by molar-refractivity contribution is 0.241. The second kappa shape index (κ2) is 4.23.